The zero-order valence-corrected chi connectivity index (χ0v) is 8.06. The monoisotopic (exact) mass is 197 g/mol. The molecule has 0 atom stereocenters. The fourth-order valence-electron chi connectivity index (χ4n) is 2.30. The molecule has 1 aromatic rings. The molecule has 0 bridgehead atoms. The van der Waals surface area contributed by atoms with Gasteiger partial charge in [-0.3, -0.25) is 0 Å². The van der Waals surface area contributed by atoms with Crippen LogP contribution in [-0.4, -0.2) is 0 Å². The minimum Gasteiger partial charge on any atom is -0.321 e. The molecular weight excluding hydrogens is 184 g/mol. The maximum absolute atomic E-state index is 13.4. The highest BCUT2D eigenvalue weighted by Gasteiger charge is 2.41. The second-order valence-electron chi connectivity index (χ2n) is 4.29. The molecule has 1 aromatic carbocycles. The van der Waals surface area contributed by atoms with Crippen molar-refractivity contribution < 1.29 is 8.78 Å². The molecule has 0 amide bonds. The summed E-state index contributed by atoms with van der Waals surface area (Å²) in [6.07, 6.45) is 1.55. The average molecular weight is 197 g/mol. The van der Waals surface area contributed by atoms with Crippen molar-refractivity contribution in [3.63, 3.8) is 0 Å². The van der Waals surface area contributed by atoms with Crippen LogP contribution in [0.3, 0.4) is 0 Å². The molecule has 1 saturated carbocycles. The van der Waals surface area contributed by atoms with Gasteiger partial charge in [0.1, 0.15) is 11.6 Å². The number of rotatable bonds is 1. The molecule has 0 saturated heterocycles. The second kappa shape index (κ2) is 3.02. The van der Waals surface area contributed by atoms with E-state index < -0.39 is 17.2 Å². The molecule has 1 aliphatic rings. The summed E-state index contributed by atoms with van der Waals surface area (Å²) in [7, 11) is 0. The van der Waals surface area contributed by atoms with Crippen LogP contribution in [0.25, 0.3) is 0 Å². The van der Waals surface area contributed by atoms with Crippen LogP contribution in [0.2, 0.25) is 0 Å². The Balaban J connectivity index is 2.33. The summed E-state index contributed by atoms with van der Waals surface area (Å²) in [5.41, 5.74) is 5.87. The zero-order chi connectivity index (χ0) is 10.3. The van der Waals surface area contributed by atoms with Crippen molar-refractivity contribution in [3.05, 3.63) is 35.4 Å². The van der Waals surface area contributed by atoms with E-state index in [0.29, 0.717) is 11.5 Å². The fourth-order valence-corrected chi connectivity index (χ4v) is 2.30. The maximum atomic E-state index is 13.4. The van der Waals surface area contributed by atoms with Crippen molar-refractivity contribution in [1.82, 2.24) is 0 Å². The van der Waals surface area contributed by atoms with Crippen molar-refractivity contribution in [2.45, 2.75) is 25.3 Å². The van der Waals surface area contributed by atoms with Gasteiger partial charge in [0.05, 0.1) is 0 Å². The third kappa shape index (κ3) is 1.42. The van der Waals surface area contributed by atoms with E-state index in [1.807, 2.05) is 0 Å². The Morgan fingerprint density at radius 1 is 1.36 bits per heavy atom. The van der Waals surface area contributed by atoms with Gasteiger partial charge in [-0.1, -0.05) is 13.0 Å². The van der Waals surface area contributed by atoms with Gasteiger partial charge in [0.25, 0.3) is 0 Å². The Hall–Kier alpha value is -0.960. The second-order valence-corrected chi connectivity index (χ2v) is 4.29. The topological polar surface area (TPSA) is 26.0 Å². The molecule has 14 heavy (non-hydrogen) atoms. The summed E-state index contributed by atoms with van der Waals surface area (Å²) in [4.78, 5) is 0. The SMILES string of the molecule is CC1CC(N)(c2ccc(F)cc2F)C1. The van der Waals surface area contributed by atoms with E-state index in [0.717, 1.165) is 18.9 Å². The van der Waals surface area contributed by atoms with E-state index in [4.69, 9.17) is 5.73 Å². The summed E-state index contributed by atoms with van der Waals surface area (Å²) in [6, 6.07) is 3.61. The van der Waals surface area contributed by atoms with E-state index in [-0.39, 0.29) is 0 Å². The maximum Gasteiger partial charge on any atom is 0.131 e. The van der Waals surface area contributed by atoms with Crippen LogP contribution < -0.4 is 5.73 Å². The van der Waals surface area contributed by atoms with Crippen molar-refractivity contribution >= 4 is 0 Å². The Morgan fingerprint density at radius 2 is 2.00 bits per heavy atom. The largest absolute Gasteiger partial charge is 0.321 e. The predicted octanol–water partition coefficient (Wildman–Crippen LogP) is 2.55. The van der Waals surface area contributed by atoms with Gasteiger partial charge >= 0.3 is 0 Å². The third-order valence-corrected chi connectivity index (χ3v) is 2.89. The molecule has 0 unspecified atom stereocenters. The Kier molecular flexibility index (Phi) is 2.07. The van der Waals surface area contributed by atoms with E-state index in [9.17, 15) is 8.78 Å². The normalized spacial score (nSPS) is 31.3. The van der Waals surface area contributed by atoms with Crippen LogP contribution in [0.15, 0.2) is 18.2 Å². The van der Waals surface area contributed by atoms with Gasteiger partial charge in [-0.25, -0.2) is 8.78 Å². The lowest BCUT2D eigenvalue weighted by molar-refractivity contribution is 0.158. The minimum absolute atomic E-state index is 0.442. The zero-order valence-electron chi connectivity index (χ0n) is 8.06. The molecule has 1 nitrogen and oxygen atoms in total. The van der Waals surface area contributed by atoms with Crippen molar-refractivity contribution in [3.8, 4) is 0 Å². The van der Waals surface area contributed by atoms with Gasteiger partial charge in [0.15, 0.2) is 0 Å². The number of halogens is 2. The molecule has 1 aliphatic carbocycles. The summed E-state index contributed by atoms with van der Waals surface area (Å²) in [5.74, 6) is -0.550. The van der Waals surface area contributed by atoms with Crippen LogP contribution in [0, 0.1) is 17.6 Å². The van der Waals surface area contributed by atoms with E-state index in [2.05, 4.69) is 6.92 Å². The Morgan fingerprint density at radius 3 is 2.50 bits per heavy atom. The lowest BCUT2D eigenvalue weighted by Crippen LogP contribution is -2.48. The molecule has 2 rings (SSSR count). The first-order valence-electron chi connectivity index (χ1n) is 4.76. The van der Waals surface area contributed by atoms with Gasteiger partial charge in [0, 0.05) is 17.2 Å². The third-order valence-electron chi connectivity index (χ3n) is 2.89. The molecule has 3 heteroatoms. The molecule has 0 aliphatic heterocycles. The first kappa shape index (κ1) is 9.59. The first-order chi connectivity index (χ1) is 6.51. The van der Waals surface area contributed by atoms with Crippen LogP contribution >= 0.6 is 0 Å². The van der Waals surface area contributed by atoms with E-state index in [1.54, 1.807) is 0 Å². The molecule has 1 fully saturated rings. The lowest BCUT2D eigenvalue weighted by Gasteiger charge is -2.44. The summed E-state index contributed by atoms with van der Waals surface area (Å²) in [6.45, 7) is 2.08. The highest BCUT2D eigenvalue weighted by Crippen LogP contribution is 2.43. The molecule has 0 aromatic heterocycles. The molecule has 0 spiro atoms. The Bertz CT molecular complexity index is 356. The highest BCUT2D eigenvalue weighted by molar-refractivity contribution is 5.29. The summed E-state index contributed by atoms with van der Waals surface area (Å²) < 4.78 is 26.0. The summed E-state index contributed by atoms with van der Waals surface area (Å²) in [5, 5.41) is 0. The highest BCUT2D eigenvalue weighted by atomic mass is 19.1. The van der Waals surface area contributed by atoms with Gasteiger partial charge in [0.2, 0.25) is 0 Å². The lowest BCUT2D eigenvalue weighted by atomic mass is 9.66. The van der Waals surface area contributed by atoms with Gasteiger partial charge in [-0.15, -0.1) is 0 Å². The van der Waals surface area contributed by atoms with E-state index >= 15 is 0 Å². The average Bonchev–Trinajstić information content (AvgIpc) is 2.00. The molecular formula is C11H13F2N. The standard InChI is InChI=1S/C11H13F2N/c1-7-5-11(14,6-7)9-3-2-8(12)4-10(9)13/h2-4,7H,5-6,14H2,1H3. The number of hydrogen-bond acceptors (Lipinski definition) is 1. The quantitative estimate of drug-likeness (QED) is 0.735. The van der Waals surface area contributed by atoms with Crippen molar-refractivity contribution in [2.24, 2.45) is 11.7 Å². The van der Waals surface area contributed by atoms with Crippen LogP contribution in [0.5, 0.6) is 0 Å². The predicted molar refractivity (Wildman–Crippen MR) is 50.6 cm³/mol. The number of hydrogen-bond donors (Lipinski definition) is 1. The van der Waals surface area contributed by atoms with Gasteiger partial charge in [-0.05, 0) is 24.8 Å². The Labute approximate surface area is 81.9 Å². The van der Waals surface area contributed by atoms with Crippen LogP contribution in [0.1, 0.15) is 25.3 Å². The smallest absolute Gasteiger partial charge is 0.131 e. The van der Waals surface area contributed by atoms with Crippen molar-refractivity contribution in [2.75, 3.05) is 0 Å². The molecule has 0 heterocycles. The first-order valence-corrected chi connectivity index (χ1v) is 4.76. The fraction of sp³-hybridized carbons (Fsp3) is 0.455. The van der Waals surface area contributed by atoms with Crippen molar-refractivity contribution in [1.29, 1.82) is 0 Å². The van der Waals surface area contributed by atoms with Gasteiger partial charge in [-0.2, -0.15) is 0 Å². The number of nitrogens with two attached hydrogens (primary N) is 1. The molecule has 0 radical (unpaired) electrons. The van der Waals surface area contributed by atoms with E-state index in [1.165, 1.54) is 12.1 Å². The minimum atomic E-state index is -0.572. The van der Waals surface area contributed by atoms with Crippen LogP contribution in [0.4, 0.5) is 8.78 Å². The van der Waals surface area contributed by atoms with Crippen LogP contribution in [-0.2, 0) is 5.54 Å². The summed E-state index contributed by atoms with van der Waals surface area (Å²) >= 11 is 0. The molecule has 2 N–H and O–H groups in total. The number of benzene rings is 1. The molecule has 76 valence electrons. The van der Waals surface area contributed by atoms with Gasteiger partial charge < -0.3 is 5.73 Å².